The molecule has 0 amide bonds. The van der Waals surface area contributed by atoms with Gasteiger partial charge in [0, 0.05) is 44.0 Å². The molecule has 1 saturated heterocycles. The van der Waals surface area contributed by atoms with Crippen molar-refractivity contribution in [2.75, 3.05) is 26.9 Å². The van der Waals surface area contributed by atoms with Gasteiger partial charge in [-0.2, -0.15) is 0 Å². The van der Waals surface area contributed by atoms with Gasteiger partial charge in [-0.25, -0.2) is 5.84 Å². The molecule has 178 valence electrons. The van der Waals surface area contributed by atoms with Crippen molar-refractivity contribution < 1.29 is 14.6 Å². The lowest BCUT2D eigenvalue weighted by molar-refractivity contribution is 0.0619. The fourth-order valence-corrected chi connectivity index (χ4v) is 4.59. The van der Waals surface area contributed by atoms with Gasteiger partial charge in [-0.3, -0.25) is 4.98 Å². The van der Waals surface area contributed by atoms with Crippen LogP contribution in [0.3, 0.4) is 0 Å². The minimum atomic E-state index is -0.934. The Bertz CT molecular complexity index is 1170. The van der Waals surface area contributed by atoms with Gasteiger partial charge in [0.15, 0.2) is 0 Å². The van der Waals surface area contributed by atoms with E-state index >= 15 is 0 Å². The molecule has 0 atom stereocenters. The molecular weight excluding hydrogens is 418 g/mol. The maximum atomic E-state index is 10.6. The Morgan fingerprint density at radius 1 is 1.27 bits per heavy atom. The Balaban J connectivity index is 1.94. The summed E-state index contributed by atoms with van der Waals surface area (Å²) in [7, 11) is 1.73. The summed E-state index contributed by atoms with van der Waals surface area (Å²) in [6.07, 6.45) is 3.83. The summed E-state index contributed by atoms with van der Waals surface area (Å²) in [6, 6.07) is 8.19. The highest BCUT2D eigenvalue weighted by Crippen LogP contribution is 2.34. The third kappa shape index (κ3) is 4.64. The van der Waals surface area contributed by atoms with Gasteiger partial charge in [-0.1, -0.05) is 12.1 Å². The molecule has 0 saturated carbocycles. The van der Waals surface area contributed by atoms with E-state index in [0.717, 1.165) is 65.7 Å². The summed E-state index contributed by atoms with van der Waals surface area (Å²) in [6.45, 7) is 8.37. The van der Waals surface area contributed by atoms with Crippen LogP contribution in [0.2, 0.25) is 0 Å². The molecule has 4 rings (SSSR count). The minimum Gasteiger partial charge on any atom is -0.478 e. The van der Waals surface area contributed by atoms with Crippen molar-refractivity contribution >= 4 is 27.6 Å². The van der Waals surface area contributed by atoms with Gasteiger partial charge in [0.05, 0.1) is 28.8 Å². The summed E-state index contributed by atoms with van der Waals surface area (Å²) in [5.41, 5.74) is 10.5. The maximum Gasteiger partial charge on any atom is 0.210 e. The van der Waals surface area contributed by atoms with Crippen LogP contribution in [0.1, 0.15) is 44.7 Å². The van der Waals surface area contributed by atoms with Crippen molar-refractivity contribution in [1.82, 2.24) is 14.6 Å². The number of benzene rings is 1. The molecule has 0 spiro atoms. The standard InChI is InChI=1S/C25H35N5O3/c1-5-33-24(26)23(29(4)27)17-12-21-22(28-14-17)19-7-6-18(25(2,3)31)13-20(19)30(21)15-16-8-10-32-11-9-16/h6-7,12-14,16,31H,5,8-11,15,26-27H2,1-4H3/b24-23+. The van der Waals surface area contributed by atoms with E-state index in [0.29, 0.717) is 18.2 Å². The monoisotopic (exact) mass is 453 g/mol. The number of pyridine rings is 1. The van der Waals surface area contributed by atoms with Crippen LogP contribution in [0.4, 0.5) is 0 Å². The van der Waals surface area contributed by atoms with E-state index in [2.05, 4.69) is 22.8 Å². The summed E-state index contributed by atoms with van der Waals surface area (Å²) >= 11 is 0. The van der Waals surface area contributed by atoms with Crippen LogP contribution in [0.15, 0.2) is 36.3 Å². The molecule has 3 heterocycles. The molecule has 1 aliphatic heterocycles. The molecule has 1 aromatic carbocycles. The molecule has 3 aromatic rings. The van der Waals surface area contributed by atoms with Crippen molar-refractivity contribution in [3.63, 3.8) is 0 Å². The number of hydrazine groups is 1. The Morgan fingerprint density at radius 3 is 2.64 bits per heavy atom. The molecule has 1 fully saturated rings. The minimum absolute atomic E-state index is 0.264. The molecule has 8 heteroatoms. The summed E-state index contributed by atoms with van der Waals surface area (Å²) in [5, 5.41) is 13.2. The summed E-state index contributed by atoms with van der Waals surface area (Å²) in [4.78, 5) is 4.83. The van der Waals surface area contributed by atoms with E-state index in [9.17, 15) is 5.11 Å². The predicted octanol–water partition coefficient (Wildman–Crippen LogP) is 3.27. The molecule has 0 radical (unpaired) electrons. The zero-order valence-electron chi connectivity index (χ0n) is 20.0. The number of aliphatic hydroxyl groups is 1. The van der Waals surface area contributed by atoms with E-state index in [1.54, 1.807) is 27.1 Å². The Labute approximate surface area is 194 Å². The van der Waals surface area contributed by atoms with Crippen LogP contribution >= 0.6 is 0 Å². The van der Waals surface area contributed by atoms with E-state index in [1.165, 1.54) is 5.01 Å². The normalized spacial score (nSPS) is 16.3. The fraction of sp³-hybridized carbons (Fsp3) is 0.480. The van der Waals surface area contributed by atoms with Crippen molar-refractivity contribution in [3.05, 3.63) is 47.5 Å². The first kappa shape index (κ1) is 23.4. The lowest BCUT2D eigenvalue weighted by Crippen LogP contribution is -2.28. The van der Waals surface area contributed by atoms with Crippen LogP contribution in [-0.4, -0.2) is 46.5 Å². The molecule has 2 aromatic heterocycles. The van der Waals surface area contributed by atoms with Gasteiger partial charge in [-0.15, -0.1) is 0 Å². The van der Waals surface area contributed by atoms with Crippen LogP contribution < -0.4 is 11.6 Å². The van der Waals surface area contributed by atoms with Crippen molar-refractivity contribution in [2.24, 2.45) is 17.5 Å². The predicted molar refractivity (Wildman–Crippen MR) is 131 cm³/mol. The van der Waals surface area contributed by atoms with E-state index in [4.69, 9.17) is 26.0 Å². The molecule has 8 nitrogen and oxygen atoms in total. The lowest BCUT2D eigenvalue weighted by atomic mass is 9.97. The largest absolute Gasteiger partial charge is 0.478 e. The first-order chi connectivity index (χ1) is 15.7. The first-order valence-electron chi connectivity index (χ1n) is 11.5. The number of nitrogens with zero attached hydrogens (tertiary/aromatic N) is 3. The Morgan fingerprint density at radius 2 is 2.00 bits per heavy atom. The number of hydrogen-bond acceptors (Lipinski definition) is 7. The number of nitrogens with two attached hydrogens (primary N) is 2. The quantitative estimate of drug-likeness (QED) is 0.286. The number of rotatable bonds is 7. The molecule has 0 bridgehead atoms. The molecule has 0 unspecified atom stereocenters. The zero-order valence-corrected chi connectivity index (χ0v) is 20.0. The average molecular weight is 454 g/mol. The van der Waals surface area contributed by atoms with Gasteiger partial charge >= 0.3 is 0 Å². The average Bonchev–Trinajstić information content (AvgIpc) is 3.06. The maximum absolute atomic E-state index is 10.6. The molecule has 5 N–H and O–H groups in total. The van der Waals surface area contributed by atoms with E-state index in [-0.39, 0.29) is 5.88 Å². The molecule has 0 aliphatic carbocycles. The SMILES string of the molecule is CCO/C(N)=C(\c1cnc2c3ccc(C(C)(C)O)cc3n(CC3CCOCC3)c2c1)N(C)N. The first-order valence-corrected chi connectivity index (χ1v) is 11.5. The van der Waals surface area contributed by atoms with Crippen molar-refractivity contribution in [2.45, 2.75) is 45.8 Å². The summed E-state index contributed by atoms with van der Waals surface area (Å²) < 4.78 is 13.4. The van der Waals surface area contributed by atoms with Gasteiger partial charge in [-0.05, 0) is 57.2 Å². The lowest BCUT2D eigenvalue weighted by Gasteiger charge is -2.24. The molecule has 33 heavy (non-hydrogen) atoms. The number of fused-ring (bicyclic) bond motifs is 3. The van der Waals surface area contributed by atoms with Gasteiger partial charge in [0.2, 0.25) is 5.88 Å². The van der Waals surface area contributed by atoms with Gasteiger partial charge in [0.25, 0.3) is 0 Å². The fourth-order valence-electron chi connectivity index (χ4n) is 4.59. The van der Waals surface area contributed by atoms with Crippen molar-refractivity contribution in [1.29, 1.82) is 0 Å². The van der Waals surface area contributed by atoms with Crippen LogP contribution in [0.25, 0.3) is 27.6 Å². The second kappa shape index (κ2) is 9.21. The van der Waals surface area contributed by atoms with Crippen LogP contribution in [-0.2, 0) is 21.6 Å². The van der Waals surface area contributed by atoms with Crippen LogP contribution in [0.5, 0.6) is 0 Å². The summed E-state index contributed by atoms with van der Waals surface area (Å²) in [5.74, 6) is 6.88. The number of ether oxygens (including phenoxy) is 2. The second-order valence-electron chi connectivity index (χ2n) is 9.31. The third-order valence-electron chi connectivity index (χ3n) is 6.35. The van der Waals surface area contributed by atoms with E-state index in [1.807, 2.05) is 13.0 Å². The number of aromatic nitrogens is 2. The van der Waals surface area contributed by atoms with Gasteiger partial charge in [0.1, 0.15) is 5.70 Å². The smallest absolute Gasteiger partial charge is 0.210 e. The number of hydrogen-bond donors (Lipinski definition) is 3. The highest BCUT2D eigenvalue weighted by atomic mass is 16.5. The molecular formula is C25H35N5O3. The van der Waals surface area contributed by atoms with Crippen LogP contribution in [0, 0.1) is 5.92 Å². The molecule has 1 aliphatic rings. The second-order valence-corrected chi connectivity index (χ2v) is 9.31. The Hall–Kier alpha value is -2.81. The topological polar surface area (TPSA) is 112 Å². The highest BCUT2D eigenvalue weighted by Gasteiger charge is 2.23. The van der Waals surface area contributed by atoms with E-state index < -0.39 is 5.60 Å². The zero-order chi connectivity index (χ0) is 23.8. The van der Waals surface area contributed by atoms with Gasteiger partial charge < -0.3 is 29.9 Å². The third-order valence-corrected chi connectivity index (χ3v) is 6.35. The van der Waals surface area contributed by atoms with Crippen molar-refractivity contribution in [3.8, 4) is 0 Å². The highest BCUT2D eigenvalue weighted by molar-refractivity contribution is 6.06. The Kier molecular flexibility index (Phi) is 6.52.